The van der Waals surface area contributed by atoms with E-state index in [1.54, 1.807) is 6.07 Å². The molecule has 2 aliphatic rings. The molecule has 2 atom stereocenters. The minimum absolute atomic E-state index is 0.00807. The van der Waals surface area contributed by atoms with Gasteiger partial charge >= 0.3 is 7.12 Å². The van der Waals surface area contributed by atoms with Crippen molar-refractivity contribution >= 4 is 52.5 Å². The quantitative estimate of drug-likeness (QED) is 0.246. The normalized spacial score (nSPS) is 21.0. The van der Waals surface area contributed by atoms with E-state index < -0.39 is 18.8 Å². The highest BCUT2D eigenvalue weighted by atomic mass is 127. The minimum Gasteiger partial charge on any atom is -0.426 e. The van der Waals surface area contributed by atoms with E-state index in [2.05, 4.69) is 60.8 Å². The molecule has 14 heteroatoms. The monoisotopic (exact) mass is 678 g/mol. The molecule has 0 spiro atoms. The predicted molar refractivity (Wildman–Crippen MR) is 165 cm³/mol. The zero-order valence-corrected chi connectivity index (χ0v) is 25.7. The van der Waals surface area contributed by atoms with Crippen LogP contribution >= 0.6 is 22.6 Å². The molecular weight excluding hydrogens is 644 g/mol. The molecule has 5 rings (SSSR count). The van der Waals surface area contributed by atoms with E-state index in [-0.39, 0.29) is 41.1 Å². The first kappa shape index (κ1) is 29.9. The average Bonchev–Trinajstić information content (AvgIpc) is 3.24. The molecule has 0 amide bonds. The summed E-state index contributed by atoms with van der Waals surface area (Å²) in [6, 6.07) is 3.01. The number of aliphatic imine (C=N–C) groups is 1. The van der Waals surface area contributed by atoms with Crippen LogP contribution in [0.5, 0.6) is 0 Å². The first-order valence-corrected chi connectivity index (χ1v) is 14.7. The molecule has 1 fully saturated rings. The fourth-order valence-electron chi connectivity index (χ4n) is 5.51. The second kappa shape index (κ2) is 12.0. The molecule has 2 aliphatic heterocycles. The van der Waals surface area contributed by atoms with Crippen LogP contribution in [-0.4, -0.2) is 97.5 Å². The highest BCUT2D eigenvalue weighted by Gasteiger charge is 2.39. The summed E-state index contributed by atoms with van der Waals surface area (Å²) in [4.78, 5) is 22.1. The van der Waals surface area contributed by atoms with Gasteiger partial charge in [-0.15, -0.1) is 0 Å². The molecule has 2 unspecified atom stereocenters. The molecule has 10 nitrogen and oxygen atoms in total. The van der Waals surface area contributed by atoms with Gasteiger partial charge < -0.3 is 29.7 Å². The van der Waals surface area contributed by atoms with Crippen LogP contribution in [-0.2, 0) is 0 Å². The van der Waals surface area contributed by atoms with Gasteiger partial charge in [0.05, 0.1) is 17.3 Å². The first-order chi connectivity index (χ1) is 19.4. The van der Waals surface area contributed by atoms with Crippen molar-refractivity contribution in [3.05, 3.63) is 45.9 Å². The standard InChI is InChI=1S/C27H34BF2IN8O2/c1-16(2)39-21-12-17(11-19(29)24(21)34-25(39)31)23-20(30)13-32-26(35-23)33-22-6-5-18-14-38(8-7-27(18,3)36-22)10-9-37(4)15-28(40)41/h5-6,11-13,16,18,40-41H,7-10,14-15H2,1-4H3,(H,32,33,35,36). The van der Waals surface area contributed by atoms with Gasteiger partial charge in [0.25, 0.3) is 0 Å². The van der Waals surface area contributed by atoms with Crippen molar-refractivity contribution in [2.24, 2.45) is 10.9 Å². The molecule has 4 heterocycles. The summed E-state index contributed by atoms with van der Waals surface area (Å²) in [6.45, 7) is 9.37. The number of hydrogen-bond donors (Lipinski definition) is 3. The third kappa shape index (κ3) is 6.46. The van der Waals surface area contributed by atoms with E-state index in [1.807, 2.05) is 36.4 Å². The molecule has 2 aromatic heterocycles. The highest BCUT2D eigenvalue weighted by molar-refractivity contribution is 14.1. The average molecular weight is 678 g/mol. The third-order valence-electron chi connectivity index (χ3n) is 7.80. The summed E-state index contributed by atoms with van der Waals surface area (Å²) in [5.41, 5.74) is 0.798. The lowest BCUT2D eigenvalue weighted by Crippen LogP contribution is -2.51. The molecule has 3 N–H and O–H groups in total. The number of dihydropyridines is 1. The summed E-state index contributed by atoms with van der Waals surface area (Å²) in [5, 5.41) is 21.5. The molecule has 0 saturated carbocycles. The van der Waals surface area contributed by atoms with Gasteiger partial charge in [0.2, 0.25) is 5.95 Å². The fourth-order valence-corrected chi connectivity index (χ4v) is 6.57. The van der Waals surface area contributed by atoms with Crippen LogP contribution in [0.2, 0.25) is 0 Å². The second-order valence-corrected chi connectivity index (χ2v) is 12.3. The number of piperidine rings is 1. The maximum absolute atomic E-state index is 15.0. The molecule has 0 radical (unpaired) electrons. The van der Waals surface area contributed by atoms with Gasteiger partial charge in [-0.25, -0.2) is 23.7 Å². The van der Waals surface area contributed by atoms with Crippen LogP contribution < -0.4 is 5.32 Å². The van der Waals surface area contributed by atoms with Crippen LogP contribution in [0.15, 0.2) is 35.5 Å². The molecule has 3 aromatic rings. The van der Waals surface area contributed by atoms with E-state index in [4.69, 9.17) is 15.0 Å². The largest absolute Gasteiger partial charge is 0.466 e. The Hall–Kier alpha value is -2.53. The van der Waals surface area contributed by atoms with Crippen molar-refractivity contribution < 1.29 is 18.8 Å². The Kier molecular flexibility index (Phi) is 8.76. The molecule has 1 aromatic carbocycles. The molecule has 41 heavy (non-hydrogen) atoms. The van der Waals surface area contributed by atoms with E-state index in [1.165, 1.54) is 6.07 Å². The number of aromatic nitrogens is 4. The highest BCUT2D eigenvalue weighted by Crippen LogP contribution is 2.35. The summed E-state index contributed by atoms with van der Waals surface area (Å²) in [7, 11) is 0.533. The van der Waals surface area contributed by atoms with Crippen LogP contribution in [0.1, 0.15) is 33.2 Å². The Balaban J connectivity index is 1.32. The van der Waals surface area contributed by atoms with Gasteiger partial charge in [-0.05, 0) is 75.0 Å². The Labute approximate surface area is 251 Å². The first-order valence-electron chi connectivity index (χ1n) is 13.7. The van der Waals surface area contributed by atoms with E-state index in [0.717, 1.165) is 38.8 Å². The topological polar surface area (TPSA) is 115 Å². The summed E-state index contributed by atoms with van der Waals surface area (Å²) >= 11 is 2.07. The number of nitrogens with zero attached hydrogens (tertiary/aromatic N) is 7. The van der Waals surface area contributed by atoms with Crippen LogP contribution in [0.25, 0.3) is 22.3 Å². The number of likely N-dealkylation sites (tertiary alicyclic amines) is 1. The minimum atomic E-state index is -1.34. The van der Waals surface area contributed by atoms with Crippen molar-refractivity contribution in [1.29, 1.82) is 0 Å². The van der Waals surface area contributed by atoms with Gasteiger partial charge in [-0.2, -0.15) is 0 Å². The molecule has 218 valence electrons. The molecule has 0 aliphatic carbocycles. The number of imidazole rings is 1. The number of hydrogen-bond acceptors (Lipinski definition) is 9. The Morgan fingerprint density at radius 1 is 1.24 bits per heavy atom. The number of anilines is 1. The lowest BCUT2D eigenvalue weighted by atomic mass is 9.78. The van der Waals surface area contributed by atoms with E-state index in [9.17, 15) is 4.39 Å². The molecular formula is C27H34BF2IN8O2. The van der Waals surface area contributed by atoms with Crippen molar-refractivity contribution in [3.8, 4) is 11.3 Å². The van der Waals surface area contributed by atoms with Crippen molar-refractivity contribution in [1.82, 2.24) is 29.3 Å². The smallest absolute Gasteiger partial charge is 0.426 e. The Morgan fingerprint density at radius 3 is 2.76 bits per heavy atom. The van der Waals surface area contributed by atoms with Crippen LogP contribution in [0, 0.1) is 21.4 Å². The van der Waals surface area contributed by atoms with Crippen LogP contribution in [0.3, 0.4) is 0 Å². The number of halogens is 3. The zero-order valence-electron chi connectivity index (χ0n) is 23.5. The number of nitrogens with one attached hydrogen (secondary N) is 1. The lowest BCUT2D eigenvalue weighted by Gasteiger charge is -2.44. The SMILES string of the molecule is CC(C)n1c(I)nc2c(F)cc(-c3nc(NC4=NC5(C)CCN(CCN(C)CB(O)O)CC5C=C4)ncc3F)cc21. The van der Waals surface area contributed by atoms with Crippen molar-refractivity contribution in [3.63, 3.8) is 0 Å². The van der Waals surface area contributed by atoms with Crippen molar-refractivity contribution in [2.75, 3.05) is 45.0 Å². The maximum atomic E-state index is 15.0. The van der Waals surface area contributed by atoms with E-state index in [0.29, 0.717) is 20.7 Å². The number of likely N-dealkylation sites (N-methyl/N-ethyl adjacent to an activating group) is 1. The van der Waals surface area contributed by atoms with Gasteiger partial charge in [0, 0.05) is 50.1 Å². The number of benzene rings is 1. The van der Waals surface area contributed by atoms with Gasteiger partial charge in [-0.3, -0.25) is 4.99 Å². The number of amidine groups is 1. The molecule has 1 saturated heterocycles. The fraction of sp³-hybridized carbons (Fsp3) is 0.481. The zero-order chi connectivity index (χ0) is 29.5. The van der Waals surface area contributed by atoms with Gasteiger partial charge in [-0.1, -0.05) is 6.08 Å². The number of fused-ring (bicyclic) bond motifs is 2. The Bertz CT molecular complexity index is 1500. The number of rotatable bonds is 8. The Morgan fingerprint density at radius 2 is 2.02 bits per heavy atom. The van der Waals surface area contributed by atoms with E-state index >= 15 is 4.39 Å². The van der Waals surface area contributed by atoms with Gasteiger partial charge in [0.1, 0.15) is 17.0 Å². The van der Waals surface area contributed by atoms with Crippen molar-refractivity contribution in [2.45, 2.75) is 38.8 Å². The summed E-state index contributed by atoms with van der Waals surface area (Å²) in [6.07, 6.45) is 6.17. The lowest BCUT2D eigenvalue weighted by molar-refractivity contribution is 0.121. The van der Waals surface area contributed by atoms with Crippen LogP contribution in [0.4, 0.5) is 14.7 Å². The summed E-state index contributed by atoms with van der Waals surface area (Å²) in [5.74, 6) is -0.223. The third-order valence-corrected chi connectivity index (χ3v) is 8.56. The maximum Gasteiger partial charge on any atom is 0.466 e. The predicted octanol–water partition coefficient (Wildman–Crippen LogP) is 3.36. The molecule has 0 bridgehead atoms. The second-order valence-electron chi connectivity index (χ2n) is 11.3. The van der Waals surface area contributed by atoms with Gasteiger partial charge in [0.15, 0.2) is 15.5 Å². The summed E-state index contributed by atoms with van der Waals surface area (Å²) < 4.78 is 32.6.